The summed E-state index contributed by atoms with van der Waals surface area (Å²) < 4.78 is 43.9. The van der Waals surface area contributed by atoms with Crippen molar-refractivity contribution in [2.75, 3.05) is 5.32 Å². The molecule has 2 atom stereocenters. The second-order valence-electron chi connectivity index (χ2n) is 7.71. The van der Waals surface area contributed by atoms with Crippen LogP contribution < -0.4 is 10.6 Å². The normalized spacial score (nSPS) is 18.4. The van der Waals surface area contributed by atoms with Crippen molar-refractivity contribution in [1.82, 2.24) is 24.9 Å². The number of aryl methyl sites for hydroxylation is 2. The molecule has 1 aromatic carbocycles. The van der Waals surface area contributed by atoms with Gasteiger partial charge in [0.15, 0.2) is 6.04 Å². The molecule has 7 nitrogen and oxygen atoms in total. The van der Waals surface area contributed by atoms with E-state index in [1.807, 2.05) is 20.9 Å². The van der Waals surface area contributed by atoms with E-state index >= 15 is 0 Å². The maximum absolute atomic E-state index is 13.8. The predicted molar refractivity (Wildman–Crippen MR) is 109 cm³/mol. The summed E-state index contributed by atoms with van der Waals surface area (Å²) in [5.74, 6) is -0.425. The molecule has 2 N–H and O–H groups in total. The van der Waals surface area contributed by atoms with Crippen LogP contribution in [0.25, 0.3) is 0 Å². The summed E-state index contributed by atoms with van der Waals surface area (Å²) in [5.41, 5.74) is 3.37. The third-order valence-electron chi connectivity index (χ3n) is 5.77. The molecule has 31 heavy (non-hydrogen) atoms. The first-order chi connectivity index (χ1) is 14.7. The van der Waals surface area contributed by atoms with Gasteiger partial charge in [-0.3, -0.25) is 9.48 Å². The fourth-order valence-corrected chi connectivity index (χ4v) is 3.97. The second kappa shape index (κ2) is 7.75. The largest absolute Gasteiger partial charge is 0.410 e. The predicted octanol–water partition coefficient (Wildman–Crippen LogP) is 3.82. The van der Waals surface area contributed by atoms with Crippen LogP contribution in [0.15, 0.2) is 36.5 Å². The molecule has 10 heteroatoms. The minimum Gasteiger partial charge on any atom is -0.363 e. The molecule has 3 aromatic rings. The number of rotatable bonds is 4. The third-order valence-corrected chi connectivity index (χ3v) is 5.77. The molecular formula is C21H23F3N6O. The lowest BCUT2D eigenvalue weighted by Gasteiger charge is -2.34. The number of benzene rings is 1. The fourth-order valence-electron chi connectivity index (χ4n) is 3.97. The molecule has 164 valence electrons. The first-order valence-electron chi connectivity index (χ1n) is 9.89. The van der Waals surface area contributed by atoms with E-state index in [0.717, 1.165) is 27.2 Å². The molecular weight excluding hydrogens is 409 g/mol. The third kappa shape index (κ3) is 3.89. The van der Waals surface area contributed by atoms with E-state index in [-0.39, 0.29) is 24.3 Å². The summed E-state index contributed by atoms with van der Waals surface area (Å²) in [7, 11) is 1.81. The van der Waals surface area contributed by atoms with Gasteiger partial charge in [-0.15, -0.1) is 0 Å². The molecule has 1 amide bonds. The number of fused-ring (bicyclic) bond motifs is 1. The Hall–Kier alpha value is -3.30. The van der Waals surface area contributed by atoms with Crippen LogP contribution in [0, 0.1) is 13.8 Å². The highest BCUT2D eigenvalue weighted by Gasteiger charge is 2.47. The Morgan fingerprint density at radius 2 is 1.97 bits per heavy atom. The van der Waals surface area contributed by atoms with Gasteiger partial charge in [0.05, 0.1) is 17.9 Å². The van der Waals surface area contributed by atoms with Crippen molar-refractivity contribution in [1.29, 1.82) is 0 Å². The van der Waals surface area contributed by atoms with Gasteiger partial charge in [-0.2, -0.15) is 23.4 Å². The lowest BCUT2D eigenvalue weighted by molar-refractivity contribution is -0.173. The van der Waals surface area contributed by atoms with Crippen molar-refractivity contribution >= 4 is 11.7 Å². The zero-order valence-electron chi connectivity index (χ0n) is 17.4. The molecule has 0 radical (unpaired) electrons. The molecule has 1 aliphatic rings. The first-order valence-corrected chi connectivity index (χ1v) is 9.89. The summed E-state index contributed by atoms with van der Waals surface area (Å²) in [6.45, 7) is 3.96. The smallest absolute Gasteiger partial charge is 0.363 e. The van der Waals surface area contributed by atoms with Gasteiger partial charge >= 0.3 is 6.18 Å². The zero-order valence-corrected chi connectivity index (χ0v) is 17.4. The molecule has 2 aromatic heterocycles. The number of carbonyl (C=O) groups excluding carboxylic acids is 1. The molecule has 0 saturated heterocycles. The van der Waals surface area contributed by atoms with E-state index in [0.29, 0.717) is 0 Å². The minimum absolute atomic E-state index is 0.0690. The number of nitrogens with zero attached hydrogens (tertiary/aromatic N) is 4. The van der Waals surface area contributed by atoms with E-state index in [1.165, 1.54) is 6.20 Å². The number of hydrogen-bond acceptors (Lipinski definition) is 4. The van der Waals surface area contributed by atoms with Gasteiger partial charge in [0.1, 0.15) is 11.4 Å². The quantitative estimate of drug-likeness (QED) is 0.657. The average molecular weight is 432 g/mol. The Labute approximate surface area is 177 Å². The van der Waals surface area contributed by atoms with Gasteiger partial charge in [0, 0.05) is 31.3 Å². The van der Waals surface area contributed by atoms with Crippen molar-refractivity contribution < 1.29 is 18.0 Å². The summed E-state index contributed by atoms with van der Waals surface area (Å²) in [6, 6.07) is 6.48. The maximum atomic E-state index is 13.8. The zero-order chi connectivity index (χ0) is 22.3. The van der Waals surface area contributed by atoms with Crippen LogP contribution in [0.3, 0.4) is 0 Å². The number of alkyl halides is 3. The molecule has 0 spiro atoms. The van der Waals surface area contributed by atoms with Gasteiger partial charge < -0.3 is 10.6 Å². The fraction of sp³-hybridized carbons (Fsp3) is 0.381. The van der Waals surface area contributed by atoms with Crippen LogP contribution in [0.4, 0.5) is 19.0 Å². The number of aromatic nitrogens is 4. The van der Waals surface area contributed by atoms with Crippen LogP contribution in [-0.4, -0.2) is 31.6 Å². The lowest BCUT2D eigenvalue weighted by atomic mass is 9.96. The van der Waals surface area contributed by atoms with E-state index in [2.05, 4.69) is 20.8 Å². The van der Waals surface area contributed by atoms with Gasteiger partial charge in [-0.05, 0) is 19.4 Å². The standard InChI is InChI=1S/C21H23F3N6O/c1-12-15(13(2)29(3)28-12)10-25-20(31)16-11-26-30-18(21(22,23)24)9-17(27-19(16)30)14-7-5-4-6-8-14/h4-8,11,17-18,27H,9-10H2,1-3H3,(H,25,31)/t17-,18-/m1/s1. The molecule has 4 rings (SSSR count). The van der Waals surface area contributed by atoms with Crippen LogP contribution in [0.1, 0.15) is 51.4 Å². The van der Waals surface area contributed by atoms with Gasteiger partial charge in [-0.1, -0.05) is 30.3 Å². The second-order valence-corrected chi connectivity index (χ2v) is 7.71. The average Bonchev–Trinajstić information content (AvgIpc) is 3.26. The van der Waals surface area contributed by atoms with Crippen molar-refractivity contribution in [3.63, 3.8) is 0 Å². The van der Waals surface area contributed by atoms with Crippen molar-refractivity contribution in [3.05, 3.63) is 64.6 Å². The van der Waals surface area contributed by atoms with Crippen molar-refractivity contribution in [3.8, 4) is 0 Å². The number of amides is 1. The molecule has 0 fully saturated rings. The van der Waals surface area contributed by atoms with E-state index < -0.39 is 24.2 Å². The topological polar surface area (TPSA) is 76.8 Å². The summed E-state index contributed by atoms with van der Waals surface area (Å²) in [5, 5.41) is 14.1. The molecule has 0 unspecified atom stereocenters. The SMILES string of the molecule is Cc1nn(C)c(C)c1CNC(=O)c1cnn2c1N[C@@H](c1ccccc1)C[C@@H]2C(F)(F)F. The number of anilines is 1. The maximum Gasteiger partial charge on any atom is 0.410 e. The van der Waals surface area contributed by atoms with Crippen molar-refractivity contribution in [2.45, 2.75) is 45.1 Å². The Bertz CT molecular complexity index is 1100. The summed E-state index contributed by atoms with van der Waals surface area (Å²) in [6.07, 6.45) is -3.52. The van der Waals surface area contributed by atoms with E-state index in [9.17, 15) is 18.0 Å². The Balaban J connectivity index is 1.62. The highest BCUT2D eigenvalue weighted by atomic mass is 19.4. The number of hydrogen-bond donors (Lipinski definition) is 2. The van der Waals surface area contributed by atoms with Crippen LogP contribution >= 0.6 is 0 Å². The van der Waals surface area contributed by atoms with Crippen LogP contribution in [0.5, 0.6) is 0 Å². The van der Waals surface area contributed by atoms with Crippen LogP contribution in [0.2, 0.25) is 0 Å². The lowest BCUT2D eigenvalue weighted by Crippen LogP contribution is -2.36. The van der Waals surface area contributed by atoms with Gasteiger partial charge in [0.2, 0.25) is 0 Å². The molecule has 0 bridgehead atoms. The Morgan fingerprint density at radius 1 is 1.26 bits per heavy atom. The van der Waals surface area contributed by atoms with Crippen molar-refractivity contribution in [2.24, 2.45) is 7.05 Å². The highest BCUT2D eigenvalue weighted by Crippen LogP contribution is 2.44. The molecule has 0 aliphatic carbocycles. The molecule has 0 saturated carbocycles. The van der Waals surface area contributed by atoms with Gasteiger partial charge in [0.25, 0.3) is 5.91 Å². The Kier molecular flexibility index (Phi) is 5.24. The summed E-state index contributed by atoms with van der Waals surface area (Å²) in [4.78, 5) is 12.9. The van der Waals surface area contributed by atoms with E-state index in [4.69, 9.17) is 0 Å². The Morgan fingerprint density at radius 3 is 2.58 bits per heavy atom. The number of nitrogens with one attached hydrogen (secondary N) is 2. The van der Waals surface area contributed by atoms with E-state index in [1.54, 1.807) is 35.0 Å². The molecule has 1 aliphatic heterocycles. The monoisotopic (exact) mass is 432 g/mol. The minimum atomic E-state index is -4.49. The van der Waals surface area contributed by atoms with Crippen LogP contribution in [-0.2, 0) is 13.6 Å². The summed E-state index contributed by atoms with van der Waals surface area (Å²) >= 11 is 0. The highest BCUT2D eigenvalue weighted by molar-refractivity contribution is 5.98. The number of halogens is 3. The first kappa shape index (κ1) is 21.0. The molecule has 3 heterocycles. The van der Waals surface area contributed by atoms with Gasteiger partial charge in [-0.25, -0.2) is 4.68 Å². The number of carbonyl (C=O) groups is 1.